The number of aromatic nitrogens is 2. The third-order valence-corrected chi connectivity index (χ3v) is 2.14. The molecule has 0 atom stereocenters. The van der Waals surface area contributed by atoms with Crippen LogP contribution in [0.25, 0.3) is 0 Å². The van der Waals surface area contributed by atoms with Crippen molar-refractivity contribution in [2.24, 2.45) is 4.99 Å². The first kappa shape index (κ1) is 8.16. The summed E-state index contributed by atoms with van der Waals surface area (Å²) in [4.78, 5) is 19.8. The second kappa shape index (κ2) is 3.12. The Kier molecular flexibility index (Phi) is 1.96. The molecule has 68 valence electrons. The zero-order valence-corrected chi connectivity index (χ0v) is 7.40. The molecule has 0 spiro atoms. The maximum atomic E-state index is 10.0. The fraction of sp³-hybridized carbons (Fsp3) is 0.500. The van der Waals surface area contributed by atoms with Gasteiger partial charge in [-0.25, -0.2) is 9.78 Å². The van der Waals surface area contributed by atoms with E-state index >= 15 is 0 Å². The number of likely N-dealkylation sites (N-methyl/N-ethyl adjacent to an activating group) is 1. The molecule has 2 rings (SSSR count). The molecule has 1 aliphatic rings. The van der Waals surface area contributed by atoms with Gasteiger partial charge in [0.15, 0.2) is 5.82 Å². The summed E-state index contributed by atoms with van der Waals surface area (Å²) in [5, 5.41) is 0. The molecule has 5 nitrogen and oxygen atoms in total. The number of fused-ring (bicyclic) bond motifs is 1. The van der Waals surface area contributed by atoms with E-state index in [2.05, 4.69) is 14.9 Å². The van der Waals surface area contributed by atoms with Crippen molar-refractivity contribution < 1.29 is 4.79 Å². The Bertz CT molecular complexity index is 364. The zero-order chi connectivity index (χ0) is 9.26. The standard InChI is InChI=1S/C8H10N4O/c1-11-2-3-12-4-7(9-6-13)10-8(12)5-11/h4H,2-3,5H2,1H3. The highest BCUT2D eigenvalue weighted by atomic mass is 16.1. The van der Waals surface area contributed by atoms with Crippen molar-refractivity contribution in [2.75, 3.05) is 13.6 Å². The molecule has 1 aliphatic heterocycles. The maximum Gasteiger partial charge on any atom is 0.242 e. The van der Waals surface area contributed by atoms with Gasteiger partial charge in [-0.15, -0.1) is 4.99 Å². The summed E-state index contributed by atoms with van der Waals surface area (Å²) in [5.41, 5.74) is 0. The van der Waals surface area contributed by atoms with Gasteiger partial charge in [-0.2, -0.15) is 0 Å². The molecule has 2 heterocycles. The molecule has 5 heteroatoms. The summed E-state index contributed by atoms with van der Waals surface area (Å²) in [6.45, 7) is 2.73. The summed E-state index contributed by atoms with van der Waals surface area (Å²) in [7, 11) is 2.04. The Morgan fingerprint density at radius 2 is 2.46 bits per heavy atom. The average Bonchev–Trinajstić information content (AvgIpc) is 2.46. The van der Waals surface area contributed by atoms with Crippen LogP contribution in [0.15, 0.2) is 11.2 Å². The molecule has 0 bridgehead atoms. The predicted octanol–water partition coefficient (Wildman–Crippen LogP) is 0.296. The van der Waals surface area contributed by atoms with E-state index < -0.39 is 0 Å². The van der Waals surface area contributed by atoms with Crippen LogP contribution in [0, 0.1) is 0 Å². The van der Waals surface area contributed by atoms with E-state index in [1.54, 1.807) is 6.20 Å². The molecule has 0 N–H and O–H groups in total. The lowest BCUT2D eigenvalue weighted by atomic mass is 10.4. The highest BCUT2D eigenvalue weighted by molar-refractivity contribution is 5.43. The van der Waals surface area contributed by atoms with Crippen molar-refractivity contribution in [3.63, 3.8) is 0 Å². The van der Waals surface area contributed by atoms with E-state index in [0.717, 1.165) is 25.5 Å². The molecule has 0 fully saturated rings. The zero-order valence-electron chi connectivity index (χ0n) is 7.40. The molecule has 13 heavy (non-hydrogen) atoms. The number of hydrogen-bond donors (Lipinski definition) is 0. The van der Waals surface area contributed by atoms with Crippen LogP contribution in [0.1, 0.15) is 5.82 Å². The first-order chi connectivity index (χ1) is 6.29. The monoisotopic (exact) mass is 178 g/mol. The van der Waals surface area contributed by atoms with Crippen LogP contribution in [-0.4, -0.2) is 34.1 Å². The van der Waals surface area contributed by atoms with Crippen LogP contribution < -0.4 is 0 Å². The number of carbonyl (C=O) groups excluding carboxylic acids is 1. The highest BCUT2D eigenvalue weighted by Gasteiger charge is 2.14. The Balaban J connectivity index is 2.33. The van der Waals surface area contributed by atoms with Gasteiger partial charge in [0, 0.05) is 13.1 Å². The number of isocyanates is 1. The molecular formula is C8H10N4O. The van der Waals surface area contributed by atoms with Gasteiger partial charge in [0.05, 0.1) is 12.7 Å². The summed E-state index contributed by atoms with van der Waals surface area (Å²) in [6.07, 6.45) is 3.27. The molecule has 0 radical (unpaired) electrons. The second-order valence-electron chi connectivity index (χ2n) is 3.15. The third-order valence-electron chi connectivity index (χ3n) is 2.14. The van der Waals surface area contributed by atoms with E-state index in [-0.39, 0.29) is 0 Å². The molecular weight excluding hydrogens is 168 g/mol. The van der Waals surface area contributed by atoms with Crippen molar-refractivity contribution in [2.45, 2.75) is 13.1 Å². The Morgan fingerprint density at radius 3 is 3.23 bits per heavy atom. The number of aliphatic imine (C=N–C) groups is 1. The van der Waals surface area contributed by atoms with E-state index in [1.807, 2.05) is 11.6 Å². The minimum absolute atomic E-state index is 0.459. The van der Waals surface area contributed by atoms with Gasteiger partial charge in [0.25, 0.3) is 0 Å². The van der Waals surface area contributed by atoms with Crippen LogP contribution in [-0.2, 0) is 17.9 Å². The topological polar surface area (TPSA) is 50.5 Å². The van der Waals surface area contributed by atoms with Crippen LogP contribution in [0.2, 0.25) is 0 Å². The fourth-order valence-corrected chi connectivity index (χ4v) is 1.46. The minimum Gasteiger partial charge on any atom is -0.330 e. The summed E-state index contributed by atoms with van der Waals surface area (Å²) < 4.78 is 2.02. The maximum absolute atomic E-state index is 10.0. The SMILES string of the molecule is CN1CCn2cc(N=C=O)nc2C1. The Morgan fingerprint density at radius 1 is 1.62 bits per heavy atom. The van der Waals surface area contributed by atoms with Gasteiger partial charge in [-0.1, -0.05) is 0 Å². The molecule has 0 saturated heterocycles. The predicted molar refractivity (Wildman–Crippen MR) is 46.3 cm³/mol. The van der Waals surface area contributed by atoms with Crippen LogP contribution in [0.5, 0.6) is 0 Å². The number of hydrogen-bond acceptors (Lipinski definition) is 4. The molecule has 1 aromatic heterocycles. The highest BCUT2D eigenvalue weighted by Crippen LogP contribution is 2.15. The van der Waals surface area contributed by atoms with Gasteiger partial charge in [-0.3, -0.25) is 4.90 Å². The minimum atomic E-state index is 0.459. The Hall–Kier alpha value is -1.45. The van der Waals surface area contributed by atoms with Crippen molar-refractivity contribution in [3.8, 4) is 0 Å². The van der Waals surface area contributed by atoms with Gasteiger partial charge < -0.3 is 4.57 Å². The molecule has 0 aliphatic carbocycles. The van der Waals surface area contributed by atoms with E-state index in [1.165, 1.54) is 6.08 Å². The lowest BCUT2D eigenvalue weighted by Gasteiger charge is -2.22. The summed E-state index contributed by atoms with van der Waals surface area (Å²) in [6, 6.07) is 0. The number of rotatable bonds is 1. The van der Waals surface area contributed by atoms with Crippen molar-refractivity contribution in [3.05, 3.63) is 12.0 Å². The number of imidazole rings is 1. The summed E-state index contributed by atoms with van der Waals surface area (Å²) >= 11 is 0. The molecule has 0 aromatic carbocycles. The summed E-state index contributed by atoms with van der Waals surface area (Å²) in [5.74, 6) is 1.42. The van der Waals surface area contributed by atoms with E-state index in [4.69, 9.17) is 0 Å². The van der Waals surface area contributed by atoms with Crippen LogP contribution in [0.4, 0.5) is 5.82 Å². The third kappa shape index (κ3) is 1.52. The van der Waals surface area contributed by atoms with Gasteiger partial charge in [0.1, 0.15) is 5.82 Å². The van der Waals surface area contributed by atoms with Gasteiger partial charge >= 0.3 is 0 Å². The normalized spacial score (nSPS) is 16.4. The fourth-order valence-electron chi connectivity index (χ4n) is 1.46. The second-order valence-corrected chi connectivity index (χ2v) is 3.15. The van der Waals surface area contributed by atoms with Crippen molar-refractivity contribution in [1.82, 2.24) is 14.5 Å². The van der Waals surface area contributed by atoms with Gasteiger partial charge in [-0.05, 0) is 7.05 Å². The lowest BCUT2D eigenvalue weighted by molar-refractivity contribution is 0.264. The Labute approximate surface area is 75.7 Å². The lowest BCUT2D eigenvalue weighted by Crippen LogP contribution is -2.30. The van der Waals surface area contributed by atoms with Crippen LogP contribution >= 0.6 is 0 Å². The average molecular weight is 178 g/mol. The van der Waals surface area contributed by atoms with Crippen molar-refractivity contribution in [1.29, 1.82) is 0 Å². The quantitative estimate of drug-likeness (QED) is 0.459. The molecule has 0 amide bonds. The largest absolute Gasteiger partial charge is 0.330 e. The smallest absolute Gasteiger partial charge is 0.242 e. The van der Waals surface area contributed by atoms with Crippen molar-refractivity contribution >= 4 is 11.9 Å². The van der Waals surface area contributed by atoms with Crippen LogP contribution in [0.3, 0.4) is 0 Å². The number of nitrogens with zero attached hydrogens (tertiary/aromatic N) is 4. The van der Waals surface area contributed by atoms with E-state index in [0.29, 0.717) is 5.82 Å². The molecule has 0 unspecified atom stereocenters. The van der Waals surface area contributed by atoms with Gasteiger partial charge in [0.2, 0.25) is 6.08 Å². The molecule has 0 saturated carbocycles. The molecule has 1 aromatic rings. The van der Waals surface area contributed by atoms with E-state index in [9.17, 15) is 4.79 Å². The first-order valence-electron chi connectivity index (χ1n) is 4.12. The first-order valence-corrected chi connectivity index (χ1v) is 4.12.